The topological polar surface area (TPSA) is 38.3 Å². The molecule has 0 bridgehead atoms. The van der Waals surface area contributed by atoms with Crippen molar-refractivity contribution in [2.75, 3.05) is 0 Å². The van der Waals surface area contributed by atoms with Crippen LogP contribution in [-0.2, 0) is 16.0 Å². The highest BCUT2D eigenvalue weighted by atomic mass is 127. The van der Waals surface area contributed by atoms with Crippen LogP contribution < -0.4 is 5.32 Å². The van der Waals surface area contributed by atoms with E-state index in [0.717, 1.165) is 14.7 Å². The lowest BCUT2D eigenvalue weighted by molar-refractivity contribution is -0.150. The number of halogens is 4. The fourth-order valence-electron chi connectivity index (χ4n) is 3.52. The number of hydrogen-bond acceptors (Lipinski definition) is 2. The van der Waals surface area contributed by atoms with E-state index in [-0.39, 0.29) is 18.1 Å². The third kappa shape index (κ3) is 4.80. The van der Waals surface area contributed by atoms with Crippen LogP contribution in [0.25, 0.3) is 0 Å². The zero-order valence-corrected chi connectivity index (χ0v) is 19.3. The molecule has 0 aromatic heterocycles. The van der Waals surface area contributed by atoms with Gasteiger partial charge < -0.3 is 10.1 Å². The van der Waals surface area contributed by atoms with Crippen LogP contribution in [-0.4, -0.2) is 12.0 Å². The molecule has 7 heteroatoms. The minimum Gasteiger partial charge on any atom is -0.358 e. The van der Waals surface area contributed by atoms with Crippen LogP contribution >= 0.6 is 45.8 Å². The second-order valence-corrected chi connectivity index (χ2v) is 9.19. The number of carbonyl (C=O) groups is 1. The predicted octanol–water partition coefficient (Wildman–Crippen LogP) is 6.28. The van der Waals surface area contributed by atoms with Gasteiger partial charge in [0.1, 0.15) is 18.0 Å². The molecule has 0 spiro atoms. The van der Waals surface area contributed by atoms with Crippen LogP contribution in [0.3, 0.4) is 0 Å². The average Bonchev–Trinajstić information content (AvgIpc) is 2.72. The summed E-state index contributed by atoms with van der Waals surface area (Å²) in [6.07, 6.45) is -1.13. The second kappa shape index (κ2) is 9.22. The molecule has 1 heterocycles. The van der Waals surface area contributed by atoms with Gasteiger partial charge in [-0.25, -0.2) is 4.39 Å². The normalized spacial score (nSPS) is 21.3. The molecule has 1 aliphatic heterocycles. The van der Waals surface area contributed by atoms with E-state index in [1.807, 2.05) is 30.3 Å². The Bertz CT molecular complexity index is 1060. The number of rotatable bonds is 4. The van der Waals surface area contributed by atoms with Crippen LogP contribution in [0.1, 0.15) is 28.8 Å². The van der Waals surface area contributed by atoms with Gasteiger partial charge in [0.15, 0.2) is 0 Å². The maximum absolute atomic E-state index is 14.4. The number of amides is 1. The van der Waals surface area contributed by atoms with Crippen molar-refractivity contribution < 1.29 is 13.9 Å². The van der Waals surface area contributed by atoms with Crippen molar-refractivity contribution in [3.8, 4) is 0 Å². The summed E-state index contributed by atoms with van der Waals surface area (Å²) < 4.78 is 21.4. The predicted molar refractivity (Wildman–Crippen MR) is 124 cm³/mol. The Labute approximate surface area is 197 Å². The van der Waals surface area contributed by atoms with Gasteiger partial charge in [0, 0.05) is 20.0 Å². The quantitative estimate of drug-likeness (QED) is 0.385. The lowest BCUT2D eigenvalue weighted by Crippen LogP contribution is -2.48. The Kier molecular flexibility index (Phi) is 6.63. The molecule has 1 aliphatic rings. The van der Waals surface area contributed by atoms with Gasteiger partial charge in [-0.1, -0.05) is 53.5 Å². The van der Waals surface area contributed by atoms with Crippen molar-refractivity contribution in [3.05, 3.63) is 103 Å². The first-order valence-electron chi connectivity index (χ1n) is 9.31. The Morgan fingerprint density at radius 2 is 1.53 bits per heavy atom. The van der Waals surface area contributed by atoms with Crippen LogP contribution in [0.4, 0.5) is 4.39 Å². The molecule has 0 aliphatic carbocycles. The van der Waals surface area contributed by atoms with Crippen molar-refractivity contribution in [2.24, 2.45) is 0 Å². The molecule has 154 valence electrons. The Balaban J connectivity index is 1.66. The van der Waals surface area contributed by atoms with Crippen molar-refractivity contribution in [1.82, 2.24) is 5.32 Å². The Hall–Kier alpha value is -1.67. The Morgan fingerprint density at radius 1 is 0.933 bits per heavy atom. The standard InChI is InChI=1S/C23H17Cl2FINO2/c24-16-6-1-13(2-7-16)21-22(14-3-8-17(25)9-4-14)30-20(23(29)28-21)11-15-5-10-18(27)12-19(15)26/h1-10,12,20-22H,11H2,(H,28,29)/t20-,21+,22-/m0/s1. The molecule has 3 aromatic carbocycles. The van der Waals surface area contributed by atoms with Crippen molar-refractivity contribution in [2.45, 2.75) is 24.7 Å². The van der Waals surface area contributed by atoms with E-state index in [4.69, 9.17) is 27.9 Å². The van der Waals surface area contributed by atoms with E-state index in [2.05, 4.69) is 27.9 Å². The van der Waals surface area contributed by atoms with Gasteiger partial charge in [0.2, 0.25) is 5.91 Å². The van der Waals surface area contributed by atoms with E-state index in [0.29, 0.717) is 15.6 Å². The average molecular weight is 556 g/mol. The van der Waals surface area contributed by atoms with Crippen LogP contribution in [0, 0.1) is 9.39 Å². The van der Waals surface area contributed by atoms with Crippen molar-refractivity contribution >= 4 is 51.7 Å². The maximum Gasteiger partial charge on any atom is 0.250 e. The smallest absolute Gasteiger partial charge is 0.250 e. The molecule has 1 saturated heterocycles. The van der Waals surface area contributed by atoms with E-state index < -0.39 is 18.2 Å². The third-order valence-corrected chi connectivity index (χ3v) is 6.23. The van der Waals surface area contributed by atoms with E-state index in [1.54, 1.807) is 30.3 Å². The zero-order valence-electron chi connectivity index (χ0n) is 15.6. The van der Waals surface area contributed by atoms with Gasteiger partial charge in [0.25, 0.3) is 0 Å². The van der Waals surface area contributed by atoms with Crippen molar-refractivity contribution in [3.63, 3.8) is 0 Å². The molecule has 0 saturated carbocycles. The molecule has 1 fully saturated rings. The summed E-state index contributed by atoms with van der Waals surface area (Å²) in [5.41, 5.74) is 2.18. The Morgan fingerprint density at radius 3 is 2.13 bits per heavy atom. The highest BCUT2D eigenvalue weighted by Crippen LogP contribution is 2.38. The summed E-state index contributed by atoms with van der Waals surface area (Å²) in [5, 5.41) is 4.27. The number of morpholine rings is 1. The fourth-order valence-corrected chi connectivity index (χ4v) is 4.22. The van der Waals surface area contributed by atoms with Gasteiger partial charge in [-0.2, -0.15) is 0 Å². The van der Waals surface area contributed by atoms with Crippen molar-refractivity contribution in [1.29, 1.82) is 0 Å². The number of carbonyl (C=O) groups excluding carboxylic acids is 1. The molecule has 0 radical (unpaired) electrons. The van der Waals surface area contributed by atoms with E-state index in [1.165, 1.54) is 6.07 Å². The summed E-state index contributed by atoms with van der Waals surface area (Å²) in [7, 11) is 0. The summed E-state index contributed by atoms with van der Waals surface area (Å²) in [6, 6.07) is 19.1. The molecule has 3 nitrogen and oxygen atoms in total. The number of ether oxygens (including phenoxy) is 1. The highest BCUT2D eigenvalue weighted by Gasteiger charge is 2.38. The molecule has 3 aromatic rings. The van der Waals surface area contributed by atoms with Crippen LogP contribution in [0.2, 0.25) is 10.0 Å². The monoisotopic (exact) mass is 555 g/mol. The lowest BCUT2D eigenvalue weighted by atomic mass is 9.92. The highest BCUT2D eigenvalue weighted by molar-refractivity contribution is 14.1. The molecule has 4 rings (SSSR count). The van der Waals surface area contributed by atoms with Gasteiger partial charge >= 0.3 is 0 Å². The van der Waals surface area contributed by atoms with Gasteiger partial charge in [-0.15, -0.1) is 0 Å². The summed E-state index contributed by atoms with van der Waals surface area (Å²) in [4.78, 5) is 12.9. The molecular weight excluding hydrogens is 539 g/mol. The van der Waals surface area contributed by atoms with Crippen LogP contribution in [0.15, 0.2) is 66.7 Å². The zero-order chi connectivity index (χ0) is 21.3. The SMILES string of the molecule is O=C1N[C@H](c2ccc(Cl)cc2)[C@H](c2ccc(Cl)cc2)O[C@H]1Cc1ccc(I)cc1F. The minimum atomic E-state index is -0.816. The molecule has 3 atom stereocenters. The second-order valence-electron chi connectivity index (χ2n) is 7.07. The van der Waals surface area contributed by atoms with Gasteiger partial charge in [-0.05, 0) is 75.7 Å². The van der Waals surface area contributed by atoms with Gasteiger partial charge in [-0.3, -0.25) is 4.79 Å². The first-order valence-corrected chi connectivity index (χ1v) is 11.1. The maximum atomic E-state index is 14.4. The lowest BCUT2D eigenvalue weighted by Gasteiger charge is -2.37. The summed E-state index contributed by atoms with van der Waals surface area (Å²) in [5.74, 6) is -0.626. The largest absolute Gasteiger partial charge is 0.358 e. The molecule has 1 N–H and O–H groups in total. The molecule has 30 heavy (non-hydrogen) atoms. The molecular formula is C23H17Cl2FINO2. The van der Waals surface area contributed by atoms with Gasteiger partial charge in [0.05, 0.1) is 6.04 Å². The van der Waals surface area contributed by atoms with E-state index >= 15 is 0 Å². The first-order chi connectivity index (χ1) is 14.4. The minimum absolute atomic E-state index is 0.145. The third-order valence-electron chi connectivity index (χ3n) is 5.05. The number of hydrogen-bond donors (Lipinski definition) is 1. The van der Waals surface area contributed by atoms with E-state index in [9.17, 15) is 9.18 Å². The van der Waals surface area contributed by atoms with Crippen LogP contribution in [0.5, 0.6) is 0 Å². The molecule has 0 unspecified atom stereocenters. The fraction of sp³-hybridized carbons (Fsp3) is 0.174. The first kappa shape index (κ1) is 21.6. The number of nitrogens with one attached hydrogen (secondary N) is 1. The summed E-state index contributed by atoms with van der Waals surface area (Å²) in [6.45, 7) is 0. The summed E-state index contributed by atoms with van der Waals surface area (Å²) >= 11 is 14.1. The number of benzene rings is 3. The molecule has 1 amide bonds.